The zero-order valence-electron chi connectivity index (χ0n) is 24.4. The third-order valence-corrected chi connectivity index (χ3v) is 4.66. The van der Waals surface area contributed by atoms with Gasteiger partial charge >= 0.3 is 6.09 Å². The summed E-state index contributed by atoms with van der Waals surface area (Å²) in [5.41, 5.74) is -0.503. The minimum atomic E-state index is -0.503. The maximum absolute atomic E-state index is 11.5. The van der Waals surface area contributed by atoms with Crippen LogP contribution in [0.25, 0.3) is 0 Å². The summed E-state index contributed by atoms with van der Waals surface area (Å²) in [4.78, 5) is 11.5. The van der Waals surface area contributed by atoms with E-state index in [4.69, 9.17) is 42.6 Å². The molecule has 0 fully saturated rings. The highest BCUT2D eigenvalue weighted by Gasteiger charge is 2.15. The van der Waals surface area contributed by atoms with E-state index < -0.39 is 11.7 Å². The molecule has 0 saturated heterocycles. The lowest BCUT2D eigenvalue weighted by atomic mass is 10.2. The molecule has 0 aliphatic rings. The Kier molecular flexibility index (Phi) is 28.1. The molecular formula is C27H55NO10. The van der Waals surface area contributed by atoms with Crippen LogP contribution in [0.1, 0.15) is 53.4 Å². The van der Waals surface area contributed by atoms with Gasteiger partial charge in [-0.3, -0.25) is 0 Å². The fourth-order valence-electron chi connectivity index (χ4n) is 2.81. The number of carbonyl (C=O) groups excluding carboxylic acids is 1. The first-order chi connectivity index (χ1) is 18.5. The van der Waals surface area contributed by atoms with Crippen molar-refractivity contribution in [3.05, 3.63) is 0 Å². The summed E-state index contributed by atoms with van der Waals surface area (Å²) in [7, 11) is 0. The SMILES string of the molecule is CCCCCCOCCOCCOCCOCCOCCOCCOCCOCCNC(=O)OC(C)(C)C. The Balaban J connectivity index is 3.09. The van der Waals surface area contributed by atoms with Gasteiger partial charge < -0.3 is 47.9 Å². The van der Waals surface area contributed by atoms with Crippen LogP contribution in [-0.4, -0.2) is 124 Å². The molecule has 38 heavy (non-hydrogen) atoms. The van der Waals surface area contributed by atoms with Crippen LogP contribution in [0.5, 0.6) is 0 Å². The summed E-state index contributed by atoms with van der Waals surface area (Å²) in [5, 5.41) is 2.63. The van der Waals surface area contributed by atoms with E-state index in [1.807, 2.05) is 20.8 Å². The maximum atomic E-state index is 11.5. The molecule has 0 atom stereocenters. The van der Waals surface area contributed by atoms with Crippen LogP contribution >= 0.6 is 0 Å². The highest BCUT2D eigenvalue weighted by Crippen LogP contribution is 2.06. The summed E-state index contributed by atoms with van der Waals surface area (Å²) in [6, 6.07) is 0. The Morgan fingerprint density at radius 1 is 0.500 bits per heavy atom. The first kappa shape index (κ1) is 37.0. The molecule has 0 spiro atoms. The Morgan fingerprint density at radius 2 is 0.842 bits per heavy atom. The fraction of sp³-hybridized carbons (Fsp3) is 0.963. The van der Waals surface area contributed by atoms with Crippen LogP contribution in [0.2, 0.25) is 0 Å². The van der Waals surface area contributed by atoms with E-state index in [1.54, 1.807) is 0 Å². The Hall–Kier alpha value is -1.05. The number of rotatable bonds is 29. The Morgan fingerprint density at radius 3 is 1.18 bits per heavy atom. The molecule has 0 aliphatic carbocycles. The maximum Gasteiger partial charge on any atom is 0.407 e. The van der Waals surface area contributed by atoms with Gasteiger partial charge in [-0.1, -0.05) is 26.2 Å². The lowest BCUT2D eigenvalue weighted by Gasteiger charge is -2.19. The van der Waals surface area contributed by atoms with E-state index in [2.05, 4.69) is 12.2 Å². The third-order valence-electron chi connectivity index (χ3n) is 4.66. The van der Waals surface area contributed by atoms with Crippen LogP contribution in [0.4, 0.5) is 4.79 Å². The number of unbranched alkanes of at least 4 members (excludes halogenated alkanes) is 3. The molecule has 0 rings (SSSR count). The molecule has 1 amide bonds. The van der Waals surface area contributed by atoms with Crippen LogP contribution in [0.15, 0.2) is 0 Å². The summed E-state index contributed by atoms with van der Waals surface area (Å²) < 4.78 is 48.7. The number of hydrogen-bond donors (Lipinski definition) is 1. The molecule has 0 aromatic heterocycles. The highest BCUT2D eigenvalue weighted by molar-refractivity contribution is 5.67. The normalized spacial score (nSPS) is 11.7. The van der Waals surface area contributed by atoms with Crippen molar-refractivity contribution >= 4 is 6.09 Å². The van der Waals surface area contributed by atoms with Gasteiger partial charge in [0.05, 0.1) is 99.1 Å². The van der Waals surface area contributed by atoms with Gasteiger partial charge in [0.25, 0.3) is 0 Å². The minimum absolute atomic E-state index is 0.391. The molecule has 228 valence electrons. The number of alkyl carbamates (subject to hydrolysis) is 1. The van der Waals surface area contributed by atoms with E-state index in [0.29, 0.717) is 106 Å². The summed E-state index contributed by atoms with van der Waals surface area (Å²) in [5.74, 6) is 0. The topological polar surface area (TPSA) is 112 Å². The van der Waals surface area contributed by atoms with Crippen LogP contribution in [0.3, 0.4) is 0 Å². The van der Waals surface area contributed by atoms with E-state index in [-0.39, 0.29) is 0 Å². The van der Waals surface area contributed by atoms with Crippen LogP contribution < -0.4 is 5.32 Å². The molecule has 1 N–H and O–H groups in total. The molecule has 0 aliphatic heterocycles. The molecule has 0 aromatic rings. The number of carbonyl (C=O) groups is 1. The van der Waals surface area contributed by atoms with Crippen molar-refractivity contribution in [2.75, 3.05) is 112 Å². The zero-order chi connectivity index (χ0) is 28.0. The van der Waals surface area contributed by atoms with Gasteiger partial charge in [-0.05, 0) is 27.2 Å². The number of ether oxygens (including phenoxy) is 9. The number of hydrogen-bond acceptors (Lipinski definition) is 10. The van der Waals surface area contributed by atoms with E-state index >= 15 is 0 Å². The van der Waals surface area contributed by atoms with E-state index in [0.717, 1.165) is 13.0 Å². The first-order valence-electron chi connectivity index (χ1n) is 14.0. The van der Waals surface area contributed by atoms with Crippen LogP contribution in [-0.2, 0) is 42.6 Å². The van der Waals surface area contributed by atoms with Gasteiger partial charge in [-0.25, -0.2) is 4.79 Å². The van der Waals surface area contributed by atoms with Gasteiger partial charge in [0, 0.05) is 13.2 Å². The second kappa shape index (κ2) is 28.9. The van der Waals surface area contributed by atoms with Gasteiger partial charge in [-0.2, -0.15) is 0 Å². The molecule has 11 nitrogen and oxygen atoms in total. The molecular weight excluding hydrogens is 498 g/mol. The van der Waals surface area contributed by atoms with Gasteiger partial charge in [0.15, 0.2) is 0 Å². The van der Waals surface area contributed by atoms with E-state index in [9.17, 15) is 4.79 Å². The Bertz CT molecular complexity index is 491. The number of nitrogens with one attached hydrogen (secondary N) is 1. The van der Waals surface area contributed by atoms with Crippen molar-refractivity contribution < 1.29 is 47.4 Å². The predicted molar refractivity (Wildman–Crippen MR) is 145 cm³/mol. The third kappa shape index (κ3) is 33.0. The van der Waals surface area contributed by atoms with Crippen molar-refractivity contribution in [1.82, 2.24) is 5.32 Å². The highest BCUT2D eigenvalue weighted by atomic mass is 16.6. The smallest absolute Gasteiger partial charge is 0.407 e. The summed E-state index contributed by atoms with van der Waals surface area (Å²) in [6.07, 6.45) is 4.45. The fourth-order valence-corrected chi connectivity index (χ4v) is 2.81. The van der Waals surface area contributed by atoms with E-state index in [1.165, 1.54) is 19.3 Å². The molecule has 0 saturated carbocycles. The lowest BCUT2D eigenvalue weighted by Crippen LogP contribution is -2.34. The lowest BCUT2D eigenvalue weighted by molar-refractivity contribution is -0.0231. The number of amides is 1. The summed E-state index contributed by atoms with van der Waals surface area (Å²) in [6.45, 7) is 16.6. The Labute approximate surface area is 230 Å². The molecule has 0 bridgehead atoms. The average molecular weight is 554 g/mol. The molecule has 0 heterocycles. The predicted octanol–water partition coefficient (Wildman–Crippen LogP) is 3.22. The van der Waals surface area contributed by atoms with Crippen LogP contribution in [0, 0.1) is 0 Å². The van der Waals surface area contributed by atoms with Gasteiger partial charge in [0.1, 0.15) is 5.60 Å². The molecule has 0 unspecified atom stereocenters. The molecule has 0 aromatic carbocycles. The second-order valence-corrected chi connectivity index (χ2v) is 9.39. The van der Waals surface area contributed by atoms with Crippen molar-refractivity contribution in [2.45, 2.75) is 59.0 Å². The summed E-state index contributed by atoms with van der Waals surface area (Å²) >= 11 is 0. The van der Waals surface area contributed by atoms with Crippen molar-refractivity contribution in [3.8, 4) is 0 Å². The minimum Gasteiger partial charge on any atom is -0.444 e. The first-order valence-corrected chi connectivity index (χ1v) is 14.0. The van der Waals surface area contributed by atoms with Crippen molar-refractivity contribution in [2.24, 2.45) is 0 Å². The van der Waals surface area contributed by atoms with Gasteiger partial charge in [-0.15, -0.1) is 0 Å². The average Bonchev–Trinajstić information content (AvgIpc) is 2.86. The molecule has 0 radical (unpaired) electrons. The quantitative estimate of drug-likeness (QED) is 0.139. The van der Waals surface area contributed by atoms with Gasteiger partial charge in [0.2, 0.25) is 0 Å². The monoisotopic (exact) mass is 553 g/mol. The standard InChI is InChI=1S/C27H55NO10/c1-5-6-7-8-10-30-12-14-32-16-18-34-20-22-36-24-25-37-23-21-35-19-17-33-15-13-31-11-9-28-26(29)38-27(2,3)4/h5-25H2,1-4H3,(H,28,29). The largest absolute Gasteiger partial charge is 0.444 e. The van der Waals surface area contributed by atoms with Crippen molar-refractivity contribution in [3.63, 3.8) is 0 Å². The van der Waals surface area contributed by atoms with Crippen molar-refractivity contribution in [1.29, 1.82) is 0 Å². The zero-order valence-corrected chi connectivity index (χ0v) is 24.4. The second-order valence-electron chi connectivity index (χ2n) is 9.39. The molecule has 11 heteroatoms.